The molecule has 2 aromatic carbocycles. The molecule has 0 fully saturated rings. The Kier molecular flexibility index (Phi) is 7.07. The van der Waals surface area contributed by atoms with Crippen molar-refractivity contribution in [1.29, 1.82) is 0 Å². The number of rotatable bonds is 8. The van der Waals surface area contributed by atoms with Crippen molar-refractivity contribution >= 4 is 21.6 Å². The van der Waals surface area contributed by atoms with Gasteiger partial charge in [-0.1, -0.05) is 12.1 Å². The third-order valence-electron chi connectivity index (χ3n) is 4.44. The van der Waals surface area contributed by atoms with Gasteiger partial charge in [0.05, 0.1) is 32.2 Å². The summed E-state index contributed by atoms with van der Waals surface area (Å²) in [7, 11) is -0.973. The topological polar surface area (TPSA) is 84.9 Å². The number of ether oxygens (including phenoxy) is 2. The van der Waals surface area contributed by atoms with Crippen molar-refractivity contribution in [3.05, 3.63) is 53.8 Å². The highest BCUT2D eigenvalue weighted by Crippen LogP contribution is 2.35. The van der Waals surface area contributed by atoms with E-state index in [0.717, 1.165) is 10.6 Å². The number of amides is 1. The first kappa shape index (κ1) is 22.5. The van der Waals surface area contributed by atoms with Crippen molar-refractivity contribution in [2.24, 2.45) is 0 Å². The lowest BCUT2D eigenvalue weighted by atomic mass is 10.1. The number of anilines is 1. The molecule has 9 heteroatoms. The third kappa shape index (κ3) is 5.38. The van der Waals surface area contributed by atoms with E-state index in [1.165, 1.54) is 39.3 Å². The van der Waals surface area contributed by atoms with Gasteiger partial charge < -0.3 is 14.8 Å². The fourth-order valence-electron chi connectivity index (χ4n) is 2.92. The van der Waals surface area contributed by atoms with Crippen LogP contribution in [-0.2, 0) is 14.8 Å². The van der Waals surface area contributed by atoms with Gasteiger partial charge in [0, 0.05) is 6.07 Å². The van der Waals surface area contributed by atoms with Crippen molar-refractivity contribution in [1.82, 2.24) is 5.32 Å². The molecule has 29 heavy (non-hydrogen) atoms. The number of sulfonamides is 1. The SMILES string of the molecule is COc1ccc(OC)c(N([C@H](C)C(=O)N[C@@H](C)c2ccc(F)cc2)S(C)(=O)=O)c1. The van der Waals surface area contributed by atoms with Crippen LogP contribution in [-0.4, -0.2) is 40.8 Å². The lowest BCUT2D eigenvalue weighted by molar-refractivity contribution is -0.122. The summed E-state index contributed by atoms with van der Waals surface area (Å²) in [6.45, 7) is 3.21. The molecule has 1 amide bonds. The van der Waals surface area contributed by atoms with Crippen molar-refractivity contribution < 1.29 is 27.1 Å². The molecule has 1 N–H and O–H groups in total. The second-order valence-corrected chi connectivity index (χ2v) is 8.41. The number of hydrogen-bond donors (Lipinski definition) is 1. The summed E-state index contributed by atoms with van der Waals surface area (Å²) in [5, 5.41) is 2.76. The van der Waals surface area contributed by atoms with E-state index in [-0.39, 0.29) is 17.3 Å². The zero-order valence-electron chi connectivity index (χ0n) is 17.0. The highest BCUT2D eigenvalue weighted by Gasteiger charge is 2.32. The molecule has 0 aliphatic rings. The van der Waals surface area contributed by atoms with E-state index in [0.29, 0.717) is 11.3 Å². The van der Waals surface area contributed by atoms with Crippen LogP contribution in [0.5, 0.6) is 11.5 Å². The Morgan fingerprint density at radius 1 is 1.07 bits per heavy atom. The van der Waals surface area contributed by atoms with Crippen LogP contribution in [0.25, 0.3) is 0 Å². The molecule has 0 saturated carbocycles. The minimum Gasteiger partial charge on any atom is -0.497 e. The first-order valence-corrected chi connectivity index (χ1v) is 10.7. The van der Waals surface area contributed by atoms with Crippen LogP contribution in [0.4, 0.5) is 10.1 Å². The standard InChI is InChI=1S/C20H25FN2O5S/c1-13(15-6-8-16(21)9-7-15)22-20(24)14(2)23(29(5,25)26)18-12-17(27-3)10-11-19(18)28-4/h6-14H,1-5H3,(H,22,24)/t13-,14+/m0/s1. The summed E-state index contributed by atoms with van der Waals surface area (Å²) in [6, 6.07) is 8.88. The van der Waals surface area contributed by atoms with E-state index >= 15 is 0 Å². The maximum atomic E-state index is 13.1. The maximum absolute atomic E-state index is 13.1. The van der Waals surface area contributed by atoms with Crippen LogP contribution in [0.2, 0.25) is 0 Å². The zero-order valence-corrected chi connectivity index (χ0v) is 17.8. The smallest absolute Gasteiger partial charge is 0.244 e. The van der Waals surface area contributed by atoms with Crippen LogP contribution in [0.1, 0.15) is 25.5 Å². The molecular formula is C20H25FN2O5S. The number of hydrogen-bond acceptors (Lipinski definition) is 5. The molecule has 0 bridgehead atoms. The summed E-state index contributed by atoms with van der Waals surface area (Å²) < 4.78 is 49.7. The highest BCUT2D eigenvalue weighted by molar-refractivity contribution is 7.92. The fourth-order valence-corrected chi connectivity index (χ4v) is 4.09. The molecule has 0 radical (unpaired) electrons. The van der Waals surface area contributed by atoms with Crippen LogP contribution in [0, 0.1) is 5.82 Å². The Balaban J connectivity index is 2.35. The highest BCUT2D eigenvalue weighted by atomic mass is 32.2. The first-order valence-electron chi connectivity index (χ1n) is 8.85. The summed E-state index contributed by atoms with van der Waals surface area (Å²) in [6.07, 6.45) is 1.01. The van der Waals surface area contributed by atoms with Crippen molar-refractivity contribution in [2.45, 2.75) is 25.9 Å². The van der Waals surface area contributed by atoms with Gasteiger partial charge >= 0.3 is 0 Å². The number of carbonyl (C=O) groups excluding carboxylic acids is 1. The van der Waals surface area contributed by atoms with E-state index in [2.05, 4.69) is 5.32 Å². The van der Waals surface area contributed by atoms with Gasteiger partial charge in [0.1, 0.15) is 23.4 Å². The molecular weight excluding hydrogens is 399 g/mol. The second kappa shape index (κ2) is 9.13. The number of nitrogens with one attached hydrogen (secondary N) is 1. The second-order valence-electron chi connectivity index (χ2n) is 6.55. The monoisotopic (exact) mass is 424 g/mol. The Hall–Kier alpha value is -2.81. The van der Waals surface area contributed by atoms with Gasteiger partial charge in [-0.15, -0.1) is 0 Å². The summed E-state index contributed by atoms with van der Waals surface area (Å²) in [4.78, 5) is 12.8. The average Bonchev–Trinajstić information content (AvgIpc) is 2.67. The zero-order chi connectivity index (χ0) is 21.8. The van der Waals surface area contributed by atoms with Crippen LogP contribution in [0.3, 0.4) is 0 Å². The van der Waals surface area contributed by atoms with Gasteiger partial charge in [-0.3, -0.25) is 9.10 Å². The van der Waals surface area contributed by atoms with E-state index in [1.807, 2.05) is 0 Å². The van der Waals surface area contributed by atoms with Gasteiger partial charge in [0.2, 0.25) is 15.9 Å². The van der Waals surface area contributed by atoms with E-state index < -0.39 is 28.0 Å². The number of carbonyl (C=O) groups is 1. The number of benzene rings is 2. The minimum absolute atomic E-state index is 0.187. The third-order valence-corrected chi connectivity index (χ3v) is 5.67. The predicted molar refractivity (Wildman–Crippen MR) is 109 cm³/mol. The molecule has 2 rings (SSSR count). The largest absolute Gasteiger partial charge is 0.497 e. The lowest BCUT2D eigenvalue weighted by Gasteiger charge is -2.30. The molecule has 0 heterocycles. The molecule has 7 nitrogen and oxygen atoms in total. The van der Waals surface area contributed by atoms with Crippen LogP contribution in [0.15, 0.2) is 42.5 Å². The van der Waals surface area contributed by atoms with Gasteiger partial charge in [0.15, 0.2) is 0 Å². The van der Waals surface area contributed by atoms with Crippen molar-refractivity contribution in [3.8, 4) is 11.5 Å². The summed E-state index contributed by atoms with van der Waals surface area (Å²) >= 11 is 0. The Morgan fingerprint density at radius 3 is 2.21 bits per heavy atom. The quantitative estimate of drug-likeness (QED) is 0.704. The van der Waals surface area contributed by atoms with Crippen molar-refractivity contribution in [3.63, 3.8) is 0 Å². The first-order chi connectivity index (χ1) is 13.6. The van der Waals surface area contributed by atoms with Gasteiger partial charge in [-0.25, -0.2) is 12.8 Å². The Bertz CT molecular complexity index is 963. The lowest BCUT2D eigenvalue weighted by Crippen LogP contribution is -2.48. The molecule has 2 aromatic rings. The maximum Gasteiger partial charge on any atom is 0.244 e. The molecule has 2 atom stereocenters. The Labute approximate surface area is 170 Å². The average molecular weight is 424 g/mol. The van der Waals surface area contributed by atoms with Crippen molar-refractivity contribution in [2.75, 3.05) is 24.8 Å². The van der Waals surface area contributed by atoms with Crippen LogP contribution >= 0.6 is 0 Å². The summed E-state index contributed by atoms with van der Waals surface area (Å²) in [5.74, 6) is -0.199. The molecule has 0 unspecified atom stereocenters. The van der Waals surface area contributed by atoms with Gasteiger partial charge in [-0.05, 0) is 43.7 Å². The number of methoxy groups -OCH3 is 2. The van der Waals surface area contributed by atoms with E-state index in [1.54, 1.807) is 31.2 Å². The molecule has 0 aliphatic carbocycles. The summed E-state index contributed by atoms with van der Waals surface area (Å²) in [5.41, 5.74) is 0.878. The number of nitrogens with zero attached hydrogens (tertiary/aromatic N) is 1. The van der Waals surface area contributed by atoms with E-state index in [4.69, 9.17) is 9.47 Å². The number of halogens is 1. The normalized spacial score (nSPS) is 13.3. The molecule has 0 spiro atoms. The Morgan fingerprint density at radius 2 is 1.69 bits per heavy atom. The minimum atomic E-state index is -3.84. The molecule has 0 saturated heterocycles. The molecule has 0 aliphatic heterocycles. The predicted octanol–water partition coefficient (Wildman–Crippen LogP) is 2.87. The molecule has 158 valence electrons. The van der Waals surface area contributed by atoms with Gasteiger partial charge in [-0.2, -0.15) is 0 Å². The van der Waals surface area contributed by atoms with Crippen LogP contribution < -0.4 is 19.1 Å². The van der Waals surface area contributed by atoms with E-state index in [9.17, 15) is 17.6 Å². The van der Waals surface area contributed by atoms with Gasteiger partial charge in [0.25, 0.3) is 0 Å². The fraction of sp³-hybridized carbons (Fsp3) is 0.350. The molecule has 0 aromatic heterocycles.